The molecule has 1 saturated heterocycles. The number of ketones is 1. The van der Waals surface area contributed by atoms with Gasteiger partial charge < -0.3 is 4.98 Å². The molecule has 0 saturated carbocycles. The third-order valence-corrected chi connectivity index (χ3v) is 6.14. The lowest BCUT2D eigenvalue weighted by atomic mass is 9.83. The molecule has 1 aliphatic carbocycles. The zero-order chi connectivity index (χ0) is 22.0. The monoisotopic (exact) mass is 416 g/mol. The van der Waals surface area contributed by atoms with Crippen LogP contribution in [0.3, 0.4) is 0 Å². The smallest absolute Gasteiger partial charge is 0.229 e. The zero-order valence-corrected chi connectivity index (χ0v) is 17.5. The number of imidazole rings is 1. The number of nitrogens with one attached hydrogen (secondary N) is 1. The first-order chi connectivity index (χ1) is 15.0. The minimum Gasteiger partial charge on any atom is -0.327 e. The highest BCUT2D eigenvalue weighted by Crippen LogP contribution is 2.35. The number of imide groups is 1. The molecule has 2 heterocycles. The maximum absolute atomic E-state index is 12.8. The van der Waals surface area contributed by atoms with Crippen LogP contribution in [0.15, 0.2) is 30.5 Å². The van der Waals surface area contributed by atoms with E-state index in [1.54, 1.807) is 0 Å². The second-order valence-electron chi connectivity index (χ2n) is 8.20. The summed E-state index contributed by atoms with van der Waals surface area (Å²) in [4.78, 5) is 45.1. The van der Waals surface area contributed by atoms with Gasteiger partial charge in [0.1, 0.15) is 11.8 Å². The van der Waals surface area contributed by atoms with Crippen LogP contribution in [0.25, 0.3) is 5.57 Å². The Morgan fingerprint density at radius 2 is 2.03 bits per heavy atom. The lowest BCUT2D eigenvalue weighted by Gasteiger charge is -2.28. The van der Waals surface area contributed by atoms with Gasteiger partial charge in [-0.25, -0.2) is 4.98 Å². The number of benzene rings is 1. The first-order valence-corrected chi connectivity index (χ1v) is 10.6. The summed E-state index contributed by atoms with van der Waals surface area (Å²) in [5.74, 6) is -0.477. The molecule has 0 spiro atoms. The standard InChI is InChI=1S/C24H24N4O3/c1-28-22(30)11-18(12-23(28)31)16-7-8-17(20(9-16)15-5-3-2-4-6-15)10-21(29)24-26-14-19(13-25)27-24/h5,7-9,14,18H,2-4,6,10-12H2,1H3,(H,26,27). The molecule has 1 aliphatic heterocycles. The summed E-state index contributed by atoms with van der Waals surface area (Å²) in [6.45, 7) is 0. The predicted octanol–water partition coefficient (Wildman–Crippen LogP) is 3.53. The molecule has 1 N–H and O–H groups in total. The van der Waals surface area contributed by atoms with Crippen LogP contribution in [0.5, 0.6) is 0 Å². The van der Waals surface area contributed by atoms with Gasteiger partial charge in [-0.05, 0) is 47.9 Å². The first-order valence-electron chi connectivity index (χ1n) is 10.6. The third kappa shape index (κ3) is 4.33. The number of aromatic nitrogens is 2. The molecule has 31 heavy (non-hydrogen) atoms. The first kappa shape index (κ1) is 20.7. The van der Waals surface area contributed by atoms with Gasteiger partial charge in [-0.15, -0.1) is 0 Å². The number of nitriles is 1. The highest BCUT2D eigenvalue weighted by molar-refractivity contribution is 5.98. The minimum atomic E-state index is -0.184. The molecule has 2 aliphatic rings. The topological polar surface area (TPSA) is 107 Å². The van der Waals surface area contributed by atoms with Crippen molar-refractivity contribution in [3.05, 3.63) is 58.7 Å². The van der Waals surface area contributed by atoms with E-state index < -0.39 is 0 Å². The van der Waals surface area contributed by atoms with Gasteiger partial charge >= 0.3 is 0 Å². The maximum atomic E-state index is 12.8. The van der Waals surface area contributed by atoms with Gasteiger partial charge in [-0.2, -0.15) is 5.26 Å². The van der Waals surface area contributed by atoms with Crippen molar-refractivity contribution in [3.63, 3.8) is 0 Å². The summed E-state index contributed by atoms with van der Waals surface area (Å²) in [7, 11) is 1.53. The summed E-state index contributed by atoms with van der Waals surface area (Å²) < 4.78 is 0. The predicted molar refractivity (Wildman–Crippen MR) is 114 cm³/mol. The lowest BCUT2D eigenvalue weighted by molar-refractivity contribution is -0.146. The van der Waals surface area contributed by atoms with Gasteiger partial charge in [0.25, 0.3) is 0 Å². The van der Waals surface area contributed by atoms with E-state index in [-0.39, 0.29) is 41.5 Å². The Morgan fingerprint density at radius 3 is 2.68 bits per heavy atom. The average molecular weight is 416 g/mol. The molecule has 1 aromatic heterocycles. The van der Waals surface area contributed by atoms with Crippen molar-refractivity contribution < 1.29 is 14.4 Å². The highest BCUT2D eigenvalue weighted by atomic mass is 16.2. The summed E-state index contributed by atoms with van der Waals surface area (Å²) in [5, 5.41) is 8.95. The summed E-state index contributed by atoms with van der Waals surface area (Å²) in [6.07, 6.45) is 8.55. The maximum Gasteiger partial charge on any atom is 0.229 e. The van der Waals surface area contributed by atoms with Crippen LogP contribution in [0.4, 0.5) is 0 Å². The van der Waals surface area contributed by atoms with Crippen LogP contribution in [-0.4, -0.2) is 39.5 Å². The Labute approximate surface area is 180 Å². The average Bonchev–Trinajstić information content (AvgIpc) is 3.27. The number of hydrogen-bond donors (Lipinski definition) is 1. The Balaban J connectivity index is 1.66. The van der Waals surface area contributed by atoms with E-state index in [2.05, 4.69) is 22.1 Å². The number of hydrogen-bond acceptors (Lipinski definition) is 5. The lowest BCUT2D eigenvalue weighted by Crippen LogP contribution is -2.39. The molecule has 1 aromatic carbocycles. The fraction of sp³-hybridized carbons (Fsp3) is 0.375. The molecule has 2 amide bonds. The van der Waals surface area contributed by atoms with Crippen LogP contribution in [0, 0.1) is 11.3 Å². The number of rotatable bonds is 5. The molecular formula is C24H24N4O3. The van der Waals surface area contributed by atoms with Crippen molar-refractivity contribution in [1.29, 1.82) is 5.26 Å². The Hall–Kier alpha value is -3.53. The molecule has 0 bridgehead atoms. The zero-order valence-electron chi connectivity index (χ0n) is 17.5. The fourth-order valence-electron chi connectivity index (χ4n) is 4.30. The van der Waals surface area contributed by atoms with Gasteiger partial charge in [-0.1, -0.05) is 24.3 Å². The van der Waals surface area contributed by atoms with Crippen molar-refractivity contribution in [2.24, 2.45) is 0 Å². The van der Waals surface area contributed by atoms with Crippen LogP contribution < -0.4 is 0 Å². The number of allylic oxidation sites excluding steroid dienone is 2. The molecule has 1 fully saturated rings. The quantitative estimate of drug-likeness (QED) is 0.593. The van der Waals surface area contributed by atoms with Crippen LogP contribution in [0.2, 0.25) is 0 Å². The molecule has 7 heteroatoms. The molecule has 0 unspecified atom stereocenters. The number of amides is 2. The summed E-state index contributed by atoms with van der Waals surface area (Å²) >= 11 is 0. The fourth-order valence-corrected chi connectivity index (χ4v) is 4.30. The summed E-state index contributed by atoms with van der Waals surface area (Å²) in [5.41, 5.74) is 4.32. The van der Waals surface area contributed by atoms with E-state index >= 15 is 0 Å². The van der Waals surface area contributed by atoms with Crippen LogP contribution >= 0.6 is 0 Å². The van der Waals surface area contributed by atoms with Crippen LogP contribution in [0.1, 0.15) is 77.4 Å². The van der Waals surface area contributed by atoms with E-state index in [9.17, 15) is 14.4 Å². The van der Waals surface area contributed by atoms with Crippen molar-refractivity contribution in [1.82, 2.24) is 14.9 Å². The van der Waals surface area contributed by atoms with Crippen molar-refractivity contribution >= 4 is 23.2 Å². The van der Waals surface area contributed by atoms with Gasteiger partial charge in [0.05, 0.1) is 6.20 Å². The van der Waals surface area contributed by atoms with E-state index in [1.165, 1.54) is 23.7 Å². The van der Waals surface area contributed by atoms with Gasteiger partial charge in [0.2, 0.25) is 17.6 Å². The van der Waals surface area contributed by atoms with E-state index in [1.807, 2.05) is 18.2 Å². The molecule has 4 rings (SSSR count). The Morgan fingerprint density at radius 1 is 1.26 bits per heavy atom. The number of Topliss-reactive ketones (excluding diaryl/α,β-unsaturated/α-hetero) is 1. The summed E-state index contributed by atoms with van der Waals surface area (Å²) in [6, 6.07) is 7.86. The van der Waals surface area contributed by atoms with Crippen molar-refractivity contribution in [2.75, 3.05) is 7.05 Å². The number of carbonyl (C=O) groups is 3. The molecular weight excluding hydrogens is 392 g/mol. The van der Waals surface area contributed by atoms with E-state index in [4.69, 9.17) is 5.26 Å². The molecule has 7 nitrogen and oxygen atoms in total. The highest BCUT2D eigenvalue weighted by Gasteiger charge is 2.31. The number of carbonyl (C=O) groups excluding carboxylic acids is 3. The largest absolute Gasteiger partial charge is 0.327 e. The second-order valence-corrected chi connectivity index (χ2v) is 8.20. The number of nitrogens with zero attached hydrogens (tertiary/aromatic N) is 3. The number of likely N-dealkylation sites (tertiary alicyclic amines) is 1. The molecule has 2 aromatic rings. The van der Waals surface area contributed by atoms with E-state index in [0.717, 1.165) is 42.4 Å². The van der Waals surface area contributed by atoms with Gasteiger partial charge in [0.15, 0.2) is 5.82 Å². The minimum absolute atomic E-state index is 0.146. The molecule has 158 valence electrons. The normalized spacial score (nSPS) is 17.4. The van der Waals surface area contributed by atoms with Crippen LogP contribution in [-0.2, 0) is 16.0 Å². The Kier molecular flexibility index (Phi) is 5.81. The number of H-pyrrole nitrogens is 1. The molecule has 0 radical (unpaired) electrons. The van der Waals surface area contributed by atoms with E-state index in [0.29, 0.717) is 12.8 Å². The Bertz CT molecular complexity index is 1100. The number of aromatic amines is 1. The molecule has 0 atom stereocenters. The third-order valence-electron chi connectivity index (χ3n) is 6.14. The van der Waals surface area contributed by atoms with Gasteiger partial charge in [-0.3, -0.25) is 19.3 Å². The van der Waals surface area contributed by atoms with Crippen molar-refractivity contribution in [3.8, 4) is 6.07 Å². The second kappa shape index (κ2) is 8.68. The SMILES string of the molecule is CN1C(=O)CC(c2ccc(CC(=O)c3ncc(C#N)[nH]3)c(C3=CCCCC3)c2)CC1=O. The van der Waals surface area contributed by atoms with Gasteiger partial charge in [0, 0.05) is 32.2 Å². The van der Waals surface area contributed by atoms with Crippen molar-refractivity contribution in [2.45, 2.75) is 50.9 Å². The number of piperidine rings is 1.